The summed E-state index contributed by atoms with van der Waals surface area (Å²) in [5.41, 5.74) is 8.55. The molecule has 2 N–H and O–H groups in total. The number of hydrogen-bond acceptors (Lipinski definition) is 2. The maximum atomic E-state index is 5.87. The number of anilines is 1. The van der Waals surface area contributed by atoms with Crippen molar-refractivity contribution in [3.8, 4) is 0 Å². The van der Waals surface area contributed by atoms with Crippen LogP contribution in [0, 0.1) is 0 Å². The van der Waals surface area contributed by atoms with Crippen molar-refractivity contribution in [2.75, 3.05) is 5.73 Å². The van der Waals surface area contributed by atoms with Crippen LogP contribution in [-0.4, -0.2) is 9.78 Å². The molecule has 1 heterocycles. The first kappa shape index (κ1) is 8.60. The molecular formula is C10H17N3. The molecule has 0 spiro atoms. The molecule has 0 atom stereocenters. The summed E-state index contributed by atoms with van der Waals surface area (Å²) in [6.45, 7) is 4.31. The molecule has 0 radical (unpaired) electrons. The van der Waals surface area contributed by atoms with Gasteiger partial charge in [0.15, 0.2) is 0 Å². The van der Waals surface area contributed by atoms with Crippen molar-refractivity contribution >= 4 is 5.82 Å². The van der Waals surface area contributed by atoms with E-state index in [9.17, 15) is 0 Å². The SMILES string of the molecule is CC(C)n1nc(N)c2c1CCCC2. The molecule has 1 aromatic heterocycles. The van der Waals surface area contributed by atoms with Crippen LogP contribution in [0.2, 0.25) is 0 Å². The van der Waals surface area contributed by atoms with Gasteiger partial charge in [0.1, 0.15) is 5.82 Å². The molecule has 3 nitrogen and oxygen atoms in total. The van der Waals surface area contributed by atoms with Crippen molar-refractivity contribution in [2.45, 2.75) is 45.6 Å². The molecule has 2 rings (SSSR count). The predicted molar refractivity (Wildman–Crippen MR) is 53.7 cm³/mol. The van der Waals surface area contributed by atoms with Gasteiger partial charge in [-0.1, -0.05) is 0 Å². The lowest BCUT2D eigenvalue weighted by molar-refractivity contribution is 0.496. The Kier molecular flexibility index (Phi) is 2.02. The van der Waals surface area contributed by atoms with Gasteiger partial charge in [0.2, 0.25) is 0 Å². The molecule has 0 aliphatic heterocycles. The van der Waals surface area contributed by atoms with Crippen molar-refractivity contribution in [3.05, 3.63) is 11.3 Å². The van der Waals surface area contributed by atoms with Gasteiger partial charge in [-0.15, -0.1) is 0 Å². The highest BCUT2D eigenvalue weighted by atomic mass is 15.3. The number of hydrogen-bond donors (Lipinski definition) is 1. The summed E-state index contributed by atoms with van der Waals surface area (Å²) in [5.74, 6) is 0.753. The number of rotatable bonds is 1. The maximum Gasteiger partial charge on any atom is 0.148 e. The first-order valence-electron chi connectivity index (χ1n) is 5.06. The third-order valence-electron chi connectivity index (χ3n) is 2.73. The summed E-state index contributed by atoms with van der Waals surface area (Å²) in [6.07, 6.45) is 4.82. The zero-order valence-electron chi connectivity index (χ0n) is 8.38. The van der Waals surface area contributed by atoms with Crippen LogP contribution >= 0.6 is 0 Å². The van der Waals surface area contributed by atoms with Crippen molar-refractivity contribution in [1.29, 1.82) is 0 Å². The second-order valence-corrected chi connectivity index (χ2v) is 4.06. The van der Waals surface area contributed by atoms with Crippen LogP contribution in [0.15, 0.2) is 0 Å². The molecule has 0 amide bonds. The summed E-state index contributed by atoms with van der Waals surface area (Å²) >= 11 is 0. The molecule has 1 aromatic rings. The number of fused-ring (bicyclic) bond motifs is 1. The minimum absolute atomic E-state index is 0.434. The molecule has 0 fully saturated rings. The maximum absolute atomic E-state index is 5.87. The Labute approximate surface area is 78.9 Å². The number of nitrogen functional groups attached to an aromatic ring is 1. The van der Waals surface area contributed by atoms with Crippen molar-refractivity contribution in [3.63, 3.8) is 0 Å². The summed E-state index contributed by atoms with van der Waals surface area (Å²) in [4.78, 5) is 0. The molecule has 1 aliphatic rings. The number of nitrogens with two attached hydrogens (primary N) is 1. The molecular weight excluding hydrogens is 162 g/mol. The van der Waals surface area contributed by atoms with Gasteiger partial charge in [-0.05, 0) is 39.5 Å². The number of aromatic nitrogens is 2. The number of nitrogens with zero attached hydrogens (tertiary/aromatic N) is 2. The van der Waals surface area contributed by atoms with Gasteiger partial charge in [-0.25, -0.2) is 0 Å². The van der Waals surface area contributed by atoms with Crippen LogP contribution in [0.25, 0.3) is 0 Å². The fraction of sp³-hybridized carbons (Fsp3) is 0.700. The van der Waals surface area contributed by atoms with Gasteiger partial charge in [-0.2, -0.15) is 5.10 Å². The highest BCUT2D eigenvalue weighted by Crippen LogP contribution is 2.27. The smallest absolute Gasteiger partial charge is 0.148 e. The standard InChI is InChI=1S/C10H17N3/c1-7(2)13-9-6-4-3-5-8(9)10(11)12-13/h7H,3-6H2,1-2H3,(H2,11,12). The van der Waals surface area contributed by atoms with E-state index in [2.05, 4.69) is 23.6 Å². The summed E-state index contributed by atoms with van der Waals surface area (Å²) < 4.78 is 2.09. The van der Waals surface area contributed by atoms with Crippen LogP contribution in [0.3, 0.4) is 0 Å². The lowest BCUT2D eigenvalue weighted by Gasteiger charge is -2.15. The second kappa shape index (κ2) is 3.05. The molecule has 0 bridgehead atoms. The van der Waals surface area contributed by atoms with E-state index in [1.165, 1.54) is 24.1 Å². The monoisotopic (exact) mass is 179 g/mol. The van der Waals surface area contributed by atoms with Gasteiger partial charge in [-0.3, -0.25) is 4.68 Å². The molecule has 0 saturated carbocycles. The van der Waals surface area contributed by atoms with Gasteiger partial charge in [0, 0.05) is 17.3 Å². The molecule has 0 aromatic carbocycles. The summed E-state index contributed by atoms with van der Waals surface area (Å²) in [5, 5.41) is 4.39. The van der Waals surface area contributed by atoms with E-state index < -0.39 is 0 Å². The van der Waals surface area contributed by atoms with E-state index in [4.69, 9.17) is 5.73 Å². The van der Waals surface area contributed by atoms with Crippen LogP contribution in [0.1, 0.15) is 44.0 Å². The third kappa shape index (κ3) is 1.32. The lowest BCUT2D eigenvalue weighted by Crippen LogP contribution is -2.11. The Morgan fingerprint density at radius 3 is 2.69 bits per heavy atom. The van der Waals surface area contributed by atoms with Gasteiger partial charge in [0.25, 0.3) is 0 Å². The van der Waals surface area contributed by atoms with Crippen molar-refractivity contribution < 1.29 is 0 Å². The van der Waals surface area contributed by atoms with Crippen molar-refractivity contribution in [1.82, 2.24) is 9.78 Å². The van der Waals surface area contributed by atoms with Gasteiger partial charge < -0.3 is 5.73 Å². The van der Waals surface area contributed by atoms with Crippen LogP contribution in [0.4, 0.5) is 5.82 Å². The second-order valence-electron chi connectivity index (χ2n) is 4.06. The fourth-order valence-corrected chi connectivity index (χ4v) is 2.08. The largest absolute Gasteiger partial charge is 0.382 e. The average Bonchev–Trinajstić information content (AvgIpc) is 2.45. The molecule has 1 aliphatic carbocycles. The zero-order chi connectivity index (χ0) is 9.42. The molecule has 72 valence electrons. The minimum atomic E-state index is 0.434. The van der Waals surface area contributed by atoms with E-state index in [1.807, 2.05) is 0 Å². The van der Waals surface area contributed by atoms with E-state index in [0.717, 1.165) is 18.7 Å². The Morgan fingerprint density at radius 1 is 1.31 bits per heavy atom. The van der Waals surface area contributed by atoms with Gasteiger partial charge in [0.05, 0.1) is 0 Å². The molecule has 0 saturated heterocycles. The van der Waals surface area contributed by atoms with Crippen LogP contribution in [-0.2, 0) is 12.8 Å². The Bertz CT molecular complexity index is 312. The van der Waals surface area contributed by atoms with Crippen LogP contribution in [0.5, 0.6) is 0 Å². The minimum Gasteiger partial charge on any atom is -0.382 e. The van der Waals surface area contributed by atoms with Crippen molar-refractivity contribution in [2.24, 2.45) is 0 Å². The highest BCUT2D eigenvalue weighted by Gasteiger charge is 2.19. The van der Waals surface area contributed by atoms with E-state index in [-0.39, 0.29) is 0 Å². The Morgan fingerprint density at radius 2 is 2.00 bits per heavy atom. The lowest BCUT2D eigenvalue weighted by atomic mass is 9.97. The highest BCUT2D eigenvalue weighted by molar-refractivity contribution is 5.44. The Balaban J connectivity index is 2.47. The van der Waals surface area contributed by atoms with E-state index in [0.29, 0.717) is 6.04 Å². The van der Waals surface area contributed by atoms with Gasteiger partial charge >= 0.3 is 0 Å². The third-order valence-corrected chi connectivity index (χ3v) is 2.73. The average molecular weight is 179 g/mol. The molecule has 3 heteroatoms. The Hall–Kier alpha value is -0.990. The zero-order valence-corrected chi connectivity index (χ0v) is 8.38. The van der Waals surface area contributed by atoms with Crippen LogP contribution < -0.4 is 5.73 Å². The predicted octanol–water partition coefficient (Wildman–Crippen LogP) is 1.93. The first-order valence-corrected chi connectivity index (χ1v) is 5.06. The molecule has 13 heavy (non-hydrogen) atoms. The first-order chi connectivity index (χ1) is 6.20. The molecule has 0 unspecified atom stereocenters. The summed E-state index contributed by atoms with van der Waals surface area (Å²) in [7, 11) is 0. The van der Waals surface area contributed by atoms with E-state index in [1.54, 1.807) is 0 Å². The quantitative estimate of drug-likeness (QED) is 0.715. The normalized spacial score (nSPS) is 16.2. The summed E-state index contributed by atoms with van der Waals surface area (Å²) in [6, 6.07) is 0.434. The topological polar surface area (TPSA) is 43.8 Å². The van der Waals surface area contributed by atoms with E-state index >= 15 is 0 Å². The fourth-order valence-electron chi connectivity index (χ4n) is 2.08.